The summed E-state index contributed by atoms with van der Waals surface area (Å²) in [6.07, 6.45) is 1.79. The fourth-order valence-corrected chi connectivity index (χ4v) is 2.33. The van der Waals surface area contributed by atoms with Crippen LogP contribution in [0.1, 0.15) is 11.6 Å². The number of piperazine rings is 1. The summed E-state index contributed by atoms with van der Waals surface area (Å²) < 4.78 is 13.9. The maximum Gasteiger partial charge on any atom is 0.129 e. The monoisotopic (exact) mass is 290 g/mol. The van der Waals surface area contributed by atoms with Crippen LogP contribution in [0.4, 0.5) is 4.39 Å². The summed E-state index contributed by atoms with van der Waals surface area (Å²) in [7, 11) is 0. The minimum atomic E-state index is -0.263. The minimum Gasteiger partial charge on any atom is -0.314 e. The standard InChI is InChI=1S/C13H16ClFN2.ClH/c1-2-13(17-7-5-16-6-8-17)11-4-3-10(14)9-12(11)15;/h2-4,9,13,16H,1,5-8H2;1H/t13-;/m0./s1. The van der Waals surface area contributed by atoms with Crippen molar-refractivity contribution in [3.05, 3.63) is 47.3 Å². The average Bonchev–Trinajstić information content (AvgIpc) is 2.34. The molecule has 1 N–H and O–H groups in total. The van der Waals surface area contributed by atoms with E-state index < -0.39 is 0 Å². The van der Waals surface area contributed by atoms with E-state index in [9.17, 15) is 4.39 Å². The number of benzene rings is 1. The molecular formula is C13H17Cl2FN2. The van der Waals surface area contributed by atoms with E-state index in [-0.39, 0.29) is 24.3 Å². The molecule has 18 heavy (non-hydrogen) atoms. The zero-order valence-electron chi connectivity index (χ0n) is 10.0. The van der Waals surface area contributed by atoms with Crippen LogP contribution in [0.3, 0.4) is 0 Å². The summed E-state index contributed by atoms with van der Waals surface area (Å²) in [5, 5.41) is 3.70. The van der Waals surface area contributed by atoms with Gasteiger partial charge < -0.3 is 5.32 Å². The fourth-order valence-electron chi connectivity index (χ4n) is 2.17. The van der Waals surface area contributed by atoms with E-state index in [1.807, 2.05) is 0 Å². The zero-order chi connectivity index (χ0) is 12.3. The van der Waals surface area contributed by atoms with E-state index >= 15 is 0 Å². The Morgan fingerprint density at radius 2 is 2.06 bits per heavy atom. The molecule has 0 radical (unpaired) electrons. The van der Waals surface area contributed by atoms with Gasteiger partial charge in [-0.25, -0.2) is 4.39 Å². The number of hydrogen-bond donors (Lipinski definition) is 1. The summed E-state index contributed by atoms with van der Waals surface area (Å²) in [6, 6.07) is 4.75. The number of nitrogens with zero attached hydrogens (tertiary/aromatic N) is 1. The number of rotatable bonds is 3. The maximum atomic E-state index is 13.9. The summed E-state index contributed by atoms with van der Waals surface area (Å²) >= 11 is 5.76. The highest BCUT2D eigenvalue weighted by atomic mass is 35.5. The van der Waals surface area contributed by atoms with E-state index in [0.717, 1.165) is 26.2 Å². The van der Waals surface area contributed by atoms with Crippen molar-refractivity contribution < 1.29 is 4.39 Å². The molecule has 1 atom stereocenters. The van der Waals surface area contributed by atoms with Crippen LogP contribution < -0.4 is 5.32 Å². The van der Waals surface area contributed by atoms with Crippen molar-refractivity contribution in [2.45, 2.75) is 6.04 Å². The normalized spacial score (nSPS) is 17.9. The molecule has 1 saturated heterocycles. The number of halogens is 3. The molecule has 0 bridgehead atoms. The van der Waals surface area contributed by atoms with Crippen LogP contribution in [0.15, 0.2) is 30.9 Å². The van der Waals surface area contributed by atoms with Gasteiger partial charge in [0.1, 0.15) is 5.82 Å². The van der Waals surface area contributed by atoms with Crippen LogP contribution in [0.25, 0.3) is 0 Å². The SMILES string of the molecule is C=C[C@@H](c1ccc(Cl)cc1F)N1CCNCC1.Cl. The smallest absolute Gasteiger partial charge is 0.129 e. The van der Waals surface area contributed by atoms with Crippen LogP contribution in [0, 0.1) is 5.82 Å². The molecule has 1 aliphatic heterocycles. The molecule has 2 nitrogen and oxygen atoms in total. The molecule has 1 heterocycles. The summed E-state index contributed by atoms with van der Waals surface area (Å²) in [4.78, 5) is 2.22. The van der Waals surface area contributed by atoms with Crippen molar-refractivity contribution in [3.63, 3.8) is 0 Å². The second kappa shape index (κ2) is 7.10. The summed E-state index contributed by atoms with van der Waals surface area (Å²) in [5.41, 5.74) is 0.645. The van der Waals surface area contributed by atoms with Crippen molar-refractivity contribution in [2.75, 3.05) is 26.2 Å². The fraction of sp³-hybridized carbons (Fsp3) is 0.385. The molecule has 0 aromatic heterocycles. The van der Waals surface area contributed by atoms with Gasteiger partial charge >= 0.3 is 0 Å². The molecule has 0 unspecified atom stereocenters. The van der Waals surface area contributed by atoms with Gasteiger partial charge in [-0.2, -0.15) is 0 Å². The van der Waals surface area contributed by atoms with Gasteiger partial charge in [-0.05, 0) is 12.1 Å². The molecule has 0 aliphatic carbocycles. The molecule has 5 heteroatoms. The second-order valence-corrected chi connectivity index (χ2v) is 4.57. The lowest BCUT2D eigenvalue weighted by molar-refractivity contribution is 0.200. The zero-order valence-corrected chi connectivity index (χ0v) is 11.6. The third kappa shape index (κ3) is 3.45. The van der Waals surface area contributed by atoms with Crippen molar-refractivity contribution in [3.8, 4) is 0 Å². The predicted octanol–water partition coefficient (Wildman–Crippen LogP) is 3.03. The van der Waals surface area contributed by atoms with Gasteiger partial charge in [0.25, 0.3) is 0 Å². The molecule has 1 aliphatic rings. The Labute approximate surface area is 118 Å². The molecule has 1 aromatic carbocycles. The lowest BCUT2D eigenvalue weighted by atomic mass is 10.0. The van der Waals surface area contributed by atoms with Crippen molar-refractivity contribution in [1.82, 2.24) is 10.2 Å². The topological polar surface area (TPSA) is 15.3 Å². The molecule has 1 aromatic rings. The lowest BCUT2D eigenvalue weighted by Gasteiger charge is -2.33. The largest absolute Gasteiger partial charge is 0.314 e. The Morgan fingerprint density at radius 1 is 1.39 bits per heavy atom. The Bertz CT molecular complexity index is 406. The van der Waals surface area contributed by atoms with Gasteiger partial charge in [-0.3, -0.25) is 4.90 Å². The summed E-state index contributed by atoms with van der Waals surface area (Å²) in [6.45, 7) is 7.48. The number of nitrogens with one attached hydrogen (secondary N) is 1. The molecular weight excluding hydrogens is 274 g/mol. The van der Waals surface area contributed by atoms with Gasteiger partial charge in [0, 0.05) is 36.8 Å². The Morgan fingerprint density at radius 3 is 2.61 bits per heavy atom. The minimum absolute atomic E-state index is 0. The first kappa shape index (κ1) is 15.4. The Balaban J connectivity index is 0.00000162. The van der Waals surface area contributed by atoms with Crippen LogP contribution >= 0.6 is 24.0 Å². The van der Waals surface area contributed by atoms with E-state index in [1.54, 1.807) is 18.2 Å². The molecule has 0 saturated carbocycles. The van der Waals surface area contributed by atoms with Gasteiger partial charge in [-0.1, -0.05) is 23.7 Å². The molecule has 100 valence electrons. The van der Waals surface area contributed by atoms with Gasteiger partial charge in [0.15, 0.2) is 0 Å². The molecule has 1 fully saturated rings. The van der Waals surface area contributed by atoms with E-state index in [0.29, 0.717) is 10.6 Å². The predicted molar refractivity (Wildman–Crippen MR) is 76.0 cm³/mol. The van der Waals surface area contributed by atoms with Crippen LogP contribution in [-0.2, 0) is 0 Å². The van der Waals surface area contributed by atoms with Crippen molar-refractivity contribution in [2.24, 2.45) is 0 Å². The van der Waals surface area contributed by atoms with Crippen LogP contribution in [0.5, 0.6) is 0 Å². The number of hydrogen-bond acceptors (Lipinski definition) is 2. The maximum absolute atomic E-state index is 13.9. The third-order valence-corrected chi connectivity index (χ3v) is 3.28. The Hall–Kier alpha value is -0.610. The molecule has 0 amide bonds. The first-order valence-electron chi connectivity index (χ1n) is 5.74. The van der Waals surface area contributed by atoms with Gasteiger partial charge in [0.05, 0.1) is 6.04 Å². The molecule has 2 rings (SSSR count). The van der Waals surface area contributed by atoms with Crippen molar-refractivity contribution >= 4 is 24.0 Å². The highest BCUT2D eigenvalue weighted by Gasteiger charge is 2.21. The Kier molecular flexibility index (Phi) is 6.09. The average molecular weight is 291 g/mol. The first-order chi connectivity index (χ1) is 8.22. The lowest BCUT2D eigenvalue weighted by Crippen LogP contribution is -2.44. The van der Waals surface area contributed by atoms with E-state index in [4.69, 9.17) is 11.6 Å². The second-order valence-electron chi connectivity index (χ2n) is 4.13. The first-order valence-corrected chi connectivity index (χ1v) is 6.12. The highest BCUT2D eigenvalue weighted by Crippen LogP contribution is 2.26. The third-order valence-electron chi connectivity index (χ3n) is 3.05. The van der Waals surface area contributed by atoms with Crippen LogP contribution in [0.2, 0.25) is 5.02 Å². The van der Waals surface area contributed by atoms with Crippen LogP contribution in [-0.4, -0.2) is 31.1 Å². The summed E-state index contributed by atoms with van der Waals surface area (Å²) in [5.74, 6) is -0.263. The quantitative estimate of drug-likeness (QED) is 0.861. The van der Waals surface area contributed by atoms with E-state index in [2.05, 4.69) is 16.8 Å². The molecule has 0 spiro atoms. The van der Waals surface area contributed by atoms with Crippen molar-refractivity contribution in [1.29, 1.82) is 0 Å². The van der Waals surface area contributed by atoms with Gasteiger partial charge in [-0.15, -0.1) is 19.0 Å². The van der Waals surface area contributed by atoms with Gasteiger partial charge in [0.2, 0.25) is 0 Å². The van der Waals surface area contributed by atoms with E-state index in [1.165, 1.54) is 6.07 Å². The highest BCUT2D eigenvalue weighted by molar-refractivity contribution is 6.30.